The van der Waals surface area contributed by atoms with E-state index >= 15 is 0 Å². The van der Waals surface area contributed by atoms with Crippen molar-refractivity contribution in [2.75, 3.05) is 6.54 Å². The molecule has 2 heterocycles. The van der Waals surface area contributed by atoms with Gasteiger partial charge in [0.25, 0.3) is 0 Å². The molecule has 2 fully saturated rings. The van der Waals surface area contributed by atoms with E-state index in [-0.39, 0.29) is 12.6 Å². The third-order valence-corrected chi connectivity index (χ3v) is 3.64. The smallest absolute Gasteiger partial charge is 0.412 e. The zero-order valence-electron chi connectivity index (χ0n) is 12.9. The maximum Gasteiger partial charge on any atom is 0.412 e. The zero-order valence-corrected chi connectivity index (χ0v) is 12.9. The summed E-state index contributed by atoms with van der Waals surface area (Å²) in [7, 11) is 0. The summed E-state index contributed by atoms with van der Waals surface area (Å²) < 4.78 is 16.9. The molecule has 0 aromatic heterocycles. The van der Waals surface area contributed by atoms with Gasteiger partial charge in [0, 0.05) is 5.56 Å². The highest BCUT2D eigenvalue weighted by molar-refractivity contribution is 5.69. The summed E-state index contributed by atoms with van der Waals surface area (Å²) in [5.74, 6) is 0. The van der Waals surface area contributed by atoms with Crippen LogP contribution in [0.25, 0.3) is 0 Å². The molecule has 1 aromatic carbocycles. The van der Waals surface area contributed by atoms with E-state index in [0.717, 1.165) is 5.56 Å². The Morgan fingerprint density at radius 2 is 1.95 bits per heavy atom. The number of likely N-dealkylation sites (tertiary alicyclic amines) is 1. The first-order chi connectivity index (χ1) is 10.3. The van der Waals surface area contributed by atoms with Gasteiger partial charge in [0.15, 0.2) is 12.5 Å². The van der Waals surface area contributed by atoms with Crippen LogP contribution >= 0.6 is 0 Å². The lowest BCUT2D eigenvalue weighted by molar-refractivity contribution is -0.122. The van der Waals surface area contributed by atoms with Crippen molar-refractivity contribution in [3.63, 3.8) is 0 Å². The molecule has 6 nitrogen and oxygen atoms in total. The van der Waals surface area contributed by atoms with E-state index in [1.807, 2.05) is 30.3 Å². The predicted octanol–water partition coefficient (Wildman–Crippen LogP) is 2.04. The average molecular weight is 307 g/mol. The van der Waals surface area contributed by atoms with Gasteiger partial charge in [-0.1, -0.05) is 30.3 Å². The molecule has 2 aliphatic rings. The Morgan fingerprint density at radius 1 is 1.27 bits per heavy atom. The van der Waals surface area contributed by atoms with Crippen molar-refractivity contribution in [2.24, 2.45) is 0 Å². The molecule has 0 aliphatic carbocycles. The topological polar surface area (TPSA) is 68.2 Å². The minimum atomic E-state index is -1.06. The predicted molar refractivity (Wildman–Crippen MR) is 77.9 cm³/mol. The van der Waals surface area contributed by atoms with Crippen LogP contribution in [-0.4, -0.2) is 46.7 Å². The average Bonchev–Trinajstić information content (AvgIpc) is 2.98. The molecule has 120 valence electrons. The fourth-order valence-corrected chi connectivity index (χ4v) is 2.66. The van der Waals surface area contributed by atoms with Gasteiger partial charge in [0.2, 0.25) is 0 Å². The Balaban J connectivity index is 1.65. The highest BCUT2D eigenvalue weighted by Crippen LogP contribution is 2.38. The SMILES string of the molecule is CC(C)(C)OC(=O)N1CC2OC(c3ccccc3)OC2C1O. The number of carbonyl (C=O) groups excluding carboxylic acids is 1. The highest BCUT2D eigenvalue weighted by Gasteiger charge is 2.52. The van der Waals surface area contributed by atoms with Gasteiger partial charge in [-0.05, 0) is 20.8 Å². The summed E-state index contributed by atoms with van der Waals surface area (Å²) in [6.07, 6.45) is -3.04. The molecule has 1 N–H and O–H groups in total. The number of amides is 1. The third-order valence-electron chi connectivity index (χ3n) is 3.64. The number of carbonyl (C=O) groups is 1. The largest absolute Gasteiger partial charge is 0.444 e. The molecule has 1 amide bonds. The van der Waals surface area contributed by atoms with Crippen LogP contribution < -0.4 is 0 Å². The second-order valence-corrected chi connectivity index (χ2v) is 6.56. The van der Waals surface area contributed by atoms with E-state index in [1.54, 1.807) is 20.8 Å². The summed E-state index contributed by atoms with van der Waals surface area (Å²) in [5.41, 5.74) is 0.288. The lowest BCUT2D eigenvalue weighted by Gasteiger charge is -2.27. The van der Waals surface area contributed by atoms with Crippen LogP contribution in [0.4, 0.5) is 4.79 Å². The van der Waals surface area contributed by atoms with Crippen molar-refractivity contribution >= 4 is 6.09 Å². The van der Waals surface area contributed by atoms with E-state index in [4.69, 9.17) is 14.2 Å². The van der Waals surface area contributed by atoms with Gasteiger partial charge in [-0.3, -0.25) is 4.90 Å². The third kappa shape index (κ3) is 2.95. The van der Waals surface area contributed by atoms with E-state index in [9.17, 15) is 9.90 Å². The number of benzene rings is 1. The van der Waals surface area contributed by atoms with Crippen molar-refractivity contribution in [2.45, 2.75) is 51.1 Å². The lowest BCUT2D eigenvalue weighted by Crippen LogP contribution is -2.43. The number of hydrogen-bond donors (Lipinski definition) is 1. The van der Waals surface area contributed by atoms with Crippen molar-refractivity contribution < 1.29 is 24.1 Å². The number of fused-ring (bicyclic) bond motifs is 1. The fourth-order valence-electron chi connectivity index (χ4n) is 2.66. The number of ether oxygens (including phenoxy) is 3. The minimum absolute atomic E-state index is 0.254. The van der Waals surface area contributed by atoms with Crippen LogP contribution in [0.1, 0.15) is 32.6 Å². The molecule has 2 saturated heterocycles. The first-order valence-electron chi connectivity index (χ1n) is 7.39. The normalized spacial score (nSPS) is 31.2. The fraction of sp³-hybridized carbons (Fsp3) is 0.562. The van der Waals surface area contributed by atoms with Gasteiger partial charge < -0.3 is 19.3 Å². The quantitative estimate of drug-likeness (QED) is 0.860. The summed E-state index contributed by atoms with van der Waals surface area (Å²) in [6.45, 7) is 5.61. The maximum atomic E-state index is 12.1. The monoisotopic (exact) mass is 307 g/mol. The number of aliphatic hydroxyl groups is 1. The summed E-state index contributed by atoms with van der Waals surface area (Å²) in [4.78, 5) is 13.3. The molecule has 1 aromatic rings. The Bertz CT molecular complexity index is 541. The molecule has 2 aliphatic heterocycles. The van der Waals surface area contributed by atoms with E-state index in [2.05, 4.69) is 0 Å². The van der Waals surface area contributed by atoms with E-state index in [1.165, 1.54) is 4.90 Å². The molecular weight excluding hydrogens is 286 g/mol. The Hall–Kier alpha value is -1.63. The number of rotatable bonds is 1. The van der Waals surface area contributed by atoms with Crippen LogP contribution in [0.3, 0.4) is 0 Å². The molecule has 0 bridgehead atoms. The van der Waals surface area contributed by atoms with Crippen molar-refractivity contribution in [3.8, 4) is 0 Å². The van der Waals surface area contributed by atoms with Gasteiger partial charge in [0.1, 0.15) is 17.8 Å². The number of hydrogen-bond acceptors (Lipinski definition) is 5. The standard InChI is InChI=1S/C16H21NO5/c1-16(2,3)22-15(19)17-9-11-12(13(17)18)21-14(20-11)10-7-5-4-6-8-10/h4-8,11-14,18H,9H2,1-3H3. The molecule has 0 radical (unpaired) electrons. The van der Waals surface area contributed by atoms with E-state index in [0.29, 0.717) is 0 Å². The molecule has 3 rings (SSSR count). The van der Waals surface area contributed by atoms with Crippen molar-refractivity contribution in [1.82, 2.24) is 4.90 Å². The van der Waals surface area contributed by atoms with Crippen LogP contribution in [0.2, 0.25) is 0 Å². The summed E-state index contributed by atoms with van der Waals surface area (Å²) >= 11 is 0. The lowest BCUT2D eigenvalue weighted by atomic mass is 10.2. The van der Waals surface area contributed by atoms with Gasteiger partial charge in [-0.15, -0.1) is 0 Å². The van der Waals surface area contributed by atoms with Crippen LogP contribution in [0.5, 0.6) is 0 Å². The Morgan fingerprint density at radius 3 is 2.55 bits per heavy atom. The van der Waals surface area contributed by atoms with Crippen LogP contribution in [-0.2, 0) is 14.2 Å². The number of nitrogens with zero attached hydrogens (tertiary/aromatic N) is 1. The van der Waals surface area contributed by atoms with Crippen LogP contribution in [0, 0.1) is 0 Å². The summed E-state index contributed by atoms with van der Waals surface area (Å²) in [5, 5.41) is 10.3. The molecule has 22 heavy (non-hydrogen) atoms. The Labute approximate surface area is 129 Å². The first-order valence-corrected chi connectivity index (χ1v) is 7.39. The van der Waals surface area contributed by atoms with Gasteiger partial charge in [-0.2, -0.15) is 0 Å². The van der Waals surface area contributed by atoms with Crippen molar-refractivity contribution in [1.29, 1.82) is 0 Å². The highest BCUT2D eigenvalue weighted by atomic mass is 16.7. The molecule has 4 atom stereocenters. The van der Waals surface area contributed by atoms with Crippen molar-refractivity contribution in [3.05, 3.63) is 35.9 Å². The first kappa shape index (κ1) is 15.3. The Kier molecular flexibility index (Phi) is 3.84. The second kappa shape index (κ2) is 5.53. The van der Waals surface area contributed by atoms with Crippen LogP contribution in [0.15, 0.2) is 30.3 Å². The van der Waals surface area contributed by atoms with E-state index < -0.39 is 30.3 Å². The summed E-state index contributed by atoms with van der Waals surface area (Å²) in [6, 6.07) is 9.53. The van der Waals surface area contributed by atoms with Gasteiger partial charge in [-0.25, -0.2) is 4.79 Å². The maximum absolute atomic E-state index is 12.1. The van der Waals surface area contributed by atoms with Gasteiger partial charge in [0.05, 0.1) is 6.54 Å². The molecular formula is C16H21NO5. The molecule has 6 heteroatoms. The molecule has 4 unspecified atom stereocenters. The number of aliphatic hydroxyl groups excluding tert-OH is 1. The molecule has 0 spiro atoms. The van der Waals surface area contributed by atoms with Gasteiger partial charge >= 0.3 is 6.09 Å². The zero-order chi connectivity index (χ0) is 15.9. The second-order valence-electron chi connectivity index (χ2n) is 6.56. The molecule has 0 saturated carbocycles. The minimum Gasteiger partial charge on any atom is -0.444 e.